The normalized spacial score (nSPS) is 16.8. The van der Waals surface area contributed by atoms with Gasteiger partial charge >= 0.3 is 0 Å². The van der Waals surface area contributed by atoms with Crippen LogP contribution in [0.5, 0.6) is 0 Å². The Hall–Kier alpha value is -2.96. The Morgan fingerprint density at radius 1 is 0.931 bits per heavy atom. The van der Waals surface area contributed by atoms with Crippen LogP contribution in [0.3, 0.4) is 0 Å². The number of rotatable bonds is 4. The third-order valence-corrected chi connectivity index (χ3v) is 7.01. The van der Waals surface area contributed by atoms with Gasteiger partial charge in [-0.2, -0.15) is 4.31 Å². The Morgan fingerprint density at radius 3 is 2.34 bits per heavy atom. The van der Waals surface area contributed by atoms with Crippen molar-refractivity contribution in [1.82, 2.24) is 4.31 Å². The number of fused-ring (bicyclic) bond motifs is 1. The van der Waals surface area contributed by atoms with Crippen molar-refractivity contribution in [2.45, 2.75) is 30.8 Å². The quantitative estimate of drug-likeness (QED) is 0.718. The van der Waals surface area contributed by atoms with Gasteiger partial charge in [-0.05, 0) is 54.3 Å². The highest BCUT2D eigenvalue weighted by atomic mass is 32.2. The Kier molecular flexibility index (Phi) is 5.22. The molecule has 1 aliphatic heterocycles. The molecule has 0 saturated heterocycles. The summed E-state index contributed by atoms with van der Waals surface area (Å²) in [7, 11) is -3.83. The van der Waals surface area contributed by atoms with Gasteiger partial charge in [0.05, 0.1) is 4.90 Å². The molecule has 0 radical (unpaired) electrons. The summed E-state index contributed by atoms with van der Waals surface area (Å²) in [6.07, 6.45) is 0.333. The van der Waals surface area contributed by atoms with E-state index in [0.29, 0.717) is 12.1 Å². The van der Waals surface area contributed by atoms with Gasteiger partial charge < -0.3 is 5.32 Å². The average Bonchev–Trinajstić information content (AvgIpc) is 2.73. The smallest absolute Gasteiger partial charge is 0.244 e. The zero-order valence-electron chi connectivity index (χ0n) is 16.1. The number of carbonyl (C=O) groups excluding carboxylic acids is 1. The van der Waals surface area contributed by atoms with E-state index in [2.05, 4.69) is 5.32 Å². The highest BCUT2D eigenvalue weighted by molar-refractivity contribution is 7.89. The van der Waals surface area contributed by atoms with Crippen LogP contribution in [0.15, 0.2) is 83.8 Å². The summed E-state index contributed by atoms with van der Waals surface area (Å²) in [6.45, 7) is 2.11. The van der Waals surface area contributed by atoms with E-state index in [-0.39, 0.29) is 17.3 Å². The fourth-order valence-corrected chi connectivity index (χ4v) is 5.24. The van der Waals surface area contributed by atoms with E-state index < -0.39 is 16.1 Å². The van der Waals surface area contributed by atoms with E-state index in [1.54, 1.807) is 36.4 Å². The summed E-state index contributed by atoms with van der Waals surface area (Å²) < 4.78 is 28.0. The lowest BCUT2D eigenvalue weighted by molar-refractivity contribution is -0.120. The van der Waals surface area contributed by atoms with E-state index in [1.165, 1.54) is 4.31 Å². The van der Waals surface area contributed by atoms with Crippen LogP contribution in [0.1, 0.15) is 16.7 Å². The molecule has 5 nitrogen and oxygen atoms in total. The highest BCUT2D eigenvalue weighted by Crippen LogP contribution is 2.29. The molecule has 0 fully saturated rings. The standard InChI is InChI=1S/C23H22N2O3S/c1-17-8-7-11-20(14-17)24-23(26)22-15-18-9-5-6-10-19(18)16-25(22)29(27,28)21-12-3-2-4-13-21/h2-14,22H,15-16H2,1H3,(H,24,26). The predicted octanol–water partition coefficient (Wildman–Crippen LogP) is 3.75. The molecule has 4 rings (SSSR count). The van der Waals surface area contributed by atoms with Crippen LogP contribution in [0.25, 0.3) is 0 Å². The van der Waals surface area contributed by atoms with Crippen molar-refractivity contribution >= 4 is 21.6 Å². The van der Waals surface area contributed by atoms with Gasteiger partial charge in [-0.1, -0.05) is 54.6 Å². The van der Waals surface area contributed by atoms with E-state index in [9.17, 15) is 13.2 Å². The lowest BCUT2D eigenvalue weighted by Gasteiger charge is -2.35. The average molecular weight is 407 g/mol. The molecule has 0 aromatic heterocycles. The monoisotopic (exact) mass is 406 g/mol. The predicted molar refractivity (Wildman–Crippen MR) is 113 cm³/mol. The molecule has 1 amide bonds. The van der Waals surface area contributed by atoms with Crippen LogP contribution in [0.4, 0.5) is 5.69 Å². The Balaban J connectivity index is 1.71. The number of sulfonamides is 1. The molecule has 1 heterocycles. The second-order valence-electron chi connectivity index (χ2n) is 7.21. The second-order valence-corrected chi connectivity index (χ2v) is 9.10. The van der Waals surface area contributed by atoms with Gasteiger partial charge in [0.25, 0.3) is 0 Å². The summed E-state index contributed by atoms with van der Waals surface area (Å²) in [5.41, 5.74) is 3.60. The molecule has 1 aliphatic rings. The fraction of sp³-hybridized carbons (Fsp3) is 0.174. The molecular weight excluding hydrogens is 384 g/mol. The number of hydrogen-bond donors (Lipinski definition) is 1. The van der Waals surface area contributed by atoms with Crippen LogP contribution in [-0.4, -0.2) is 24.7 Å². The van der Waals surface area contributed by atoms with Crippen LogP contribution < -0.4 is 5.32 Å². The van der Waals surface area contributed by atoms with Crippen LogP contribution in [-0.2, 0) is 27.8 Å². The molecule has 6 heteroatoms. The molecule has 0 spiro atoms. The van der Waals surface area contributed by atoms with Crippen molar-refractivity contribution in [2.24, 2.45) is 0 Å². The van der Waals surface area contributed by atoms with Gasteiger partial charge in [0.2, 0.25) is 15.9 Å². The topological polar surface area (TPSA) is 66.5 Å². The zero-order chi connectivity index (χ0) is 20.4. The van der Waals surface area contributed by atoms with Crippen molar-refractivity contribution < 1.29 is 13.2 Å². The minimum absolute atomic E-state index is 0.166. The number of nitrogens with one attached hydrogen (secondary N) is 1. The summed E-state index contributed by atoms with van der Waals surface area (Å²) >= 11 is 0. The summed E-state index contributed by atoms with van der Waals surface area (Å²) in [5.74, 6) is -0.329. The van der Waals surface area contributed by atoms with Crippen molar-refractivity contribution in [3.8, 4) is 0 Å². The maximum atomic E-state index is 13.4. The second kappa shape index (κ2) is 7.81. The molecule has 3 aromatic rings. The van der Waals surface area contributed by atoms with Gasteiger partial charge in [-0.15, -0.1) is 0 Å². The summed E-state index contributed by atoms with van der Waals surface area (Å²) in [6, 6.07) is 22.6. The first kappa shape index (κ1) is 19.4. The molecule has 3 aromatic carbocycles. The van der Waals surface area contributed by atoms with Crippen molar-refractivity contribution in [1.29, 1.82) is 0 Å². The van der Waals surface area contributed by atoms with E-state index in [0.717, 1.165) is 16.7 Å². The molecule has 0 bridgehead atoms. The number of amides is 1. The number of aryl methyl sites for hydroxylation is 1. The first-order valence-corrected chi connectivity index (χ1v) is 10.9. The van der Waals surface area contributed by atoms with Crippen LogP contribution in [0.2, 0.25) is 0 Å². The van der Waals surface area contributed by atoms with Crippen LogP contribution >= 0.6 is 0 Å². The first-order valence-electron chi connectivity index (χ1n) is 9.46. The number of benzene rings is 3. The lowest BCUT2D eigenvalue weighted by atomic mass is 9.95. The summed E-state index contributed by atoms with van der Waals surface area (Å²) in [5, 5.41) is 2.89. The molecule has 1 unspecified atom stereocenters. The molecule has 0 saturated carbocycles. The number of hydrogen-bond acceptors (Lipinski definition) is 3. The molecular formula is C23H22N2O3S. The van der Waals surface area contributed by atoms with E-state index >= 15 is 0 Å². The minimum Gasteiger partial charge on any atom is -0.325 e. The van der Waals surface area contributed by atoms with Crippen molar-refractivity contribution in [3.63, 3.8) is 0 Å². The largest absolute Gasteiger partial charge is 0.325 e. The minimum atomic E-state index is -3.83. The maximum absolute atomic E-state index is 13.4. The Labute approximate surface area is 171 Å². The fourth-order valence-electron chi connectivity index (χ4n) is 3.65. The number of nitrogens with zero attached hydrogens (tertiary/aromatic N) is 1. The van der Waals surface area contributed by atoms with E-state index in [1.807, 2.05) is 49.4 Å². The molecule has 1 N–H and O–H groups in total. The third kappa shape index (κ3) is 3.95. The van der Waals surface area contributed by atoms with Crippen molar-refractivity contribution in [3.05, 3.63) is 95.6 Å². The number of carbonyl (C=O) groups is 1. The maximum Gasteiger partial charge on any atom is 0.244 e. The lowest BCUT2D eigenvalue weighted by Crippen LogP contribution is -2.50. The van der Waals surface area contributed by atoms with E-state index in [4.69, 9.17) is 0 Å². The zero-order valence-corrected chi connectivity index (χ0v) is 16.9. The van der Waals surface area contributed by atoms with Gasteiger partial charge in [0.15, 0.2) is 0 Å². The molecule has 0 aliphatic carbocycles. The Bertz CT molecular complexity index is 1140. The molecule has 148 valence electrons. The SMILES string of the molecule is Cc1cccc(NC(=O)C2Cc3ccccc3CN2S(=O)(=O)c2ccccc2)c1. The van der Waals surface area contributed by atoms with Gasteiger partial charge in [0.1, 0.15) is 6.04 Å². The van der Waals surface area contributed by atoms with Gasteiger partial charge in [-0.25, -0.2) is 8.42 Å². The van der Waals surface area contributed by atoms with Gasteiger partial charge in [-0.3, -0.25) is 4.79 Å². The molecule has 29 heavy (non-hydrogen) atoms. The summed E-state index contributed by atoms with van der Waals surface area (Å²) in [4.78, 5) is 13.3. The molecule has 1 atom stereocenters. The first-order chi connectivity index (χ1) is 13.9. The Morgan fingerprint density at radius 2 is 1.62 bits per heavy atom. The third-order valence-electron chi connectivity index (χ3n) is 5.14. The highest BCUT2D eigenvalue weighted by Gasteiger charge is 2.39. The van der Waals surface area contributed by atoms with Crippen LogP contribution in [0, 0.1) is 6.92 Å². The number of anilines is 1. The van der Waals surface area contributed by atoms with Gasteiger partial charge in [0, 0.05) is 12.2 Å². The van der Waals surface area contributed by atoms with Crippen molar-refractivity contribution in [2.75, 3.05) is 5.32 Å².